The van der Waals surface area contributed by atoms with Crippen LogP contribution < -0.4 is 5.32 Å². The predicted octanol–water partition coefficient (Wildman–Crippen LogP) is 2.97. The van der Waals surface area contributed by atoms with Crippen LogP contribution in [0.1, 0.15) is 15.9 Å². The average Bonchev–Trinajstić information content (AvgIpc) is 2.53. The highest BCUT2D eigenvalue weighted by Gasteiger charge is 2.20. The van der Waals surface area contributed by atoms with Crippen LogP contribution in [0, 0.1) is 37.3 Å². The van der Waals surface area contributed by atoms with Crippen molar-refractivity contribution in [2.75, 3.05) is 5.32 Å². The van der Waals surface area contributed by atoms with E-state index in [0.29, 0.717) is 5.56 Å². The number of nitro groups is 3. The summed E-state index contributed by atoms with van der Waals surface area (Å²) in [6, 6.07) is 6.38. The molecule has 0 aliphatic heterocycles. The summed E-state index contributed by atoms with van der Waals surface area (Å²) in [7, 11) is 0. The standard InChI is InChI=1S/C14H10N4O7/c1-8-4-10(2-3-13(8)18(24)25)15-14(19)9-5-11(16(20)21)7-12(6-9)17(22)23/h2-7H,1H3,(H,15,19). The Morgan fingerprint density at radius 3 is 1.88 bits per heavy atom. The van der Waals surface area contributed by atoms with Crippen LogP contribution in [-0.2, 0) is 0 Å². The maximum atomic E-state index is 12.2. The molecule has 1 amide bonds. The molecule has 0 atom stereocenters. The van der Waals surface area contributed by atoms with Crippen molar-refractivity contribution in [2.24, 2.45) is 0 Å². The van der Waals surface area contributed by atoms with Crippen LogP contribution in [0.15, 0.2) is 36.4 Å². The quantitative estimate of drug-likeness (QED) is 0.643. The third-order valence-electron chi connectivity index (χ3n) is 3.24. The normalized spacial score (nSPS) is 10.1. The van der Waals surface area contributed by atoms with Gasteiger partial charge in [0, 0.05) is 29.4 Å². The number of nitro benzene ring substituents is 3. The van der Waals surface area contributed by atoms with Crippen LogP contribution in [0.4, 0.5) is 22.7 Å². The molecule has 0 heterocycles. The van der Waals surface area contributed by atoms with E-state index < -0.39 is 32.1 Å². The van der Waals surface area contributed by atoms with Crippen LogP contribution in [-0.4, -0.2) is 20.7 Å². The minimum Gasteiger partial charge on any atom is -0.322 e. The van der Waals surface area contributed by atoms with Gasteiger partial charge in [-0.2, -0.15) is 0 Å². The topological polar surface area (TPSA) is 159 Å². The first-order valence-electron chi connectivity index (χ1n) is 6.69. The summed E-state index contributed by atoms with van der Waals surface area (Å²) in [5, 5.41) is 34.8. The molecule has 128 valence electrons. The van der Waals surface area contributed by atoms with Crippen molar-refractivity contribution in [2.45, 2.75) is 6.92 Å². The third kappa shape index (κ3) is 3.90. The molecule has 0 aliphatic carbocycles. The number of non-ortho nitro benzene ring substituents is 2. The monoisotopic (exact) mass is 346 g/mol. The molecule has 0 aliphatic rings. The zero-order chi connectivity index (χ0) is 18.7. The van der Waals surface area contributed by atoms with Gasteiger partial charge in [0.05, 0.1) is 26.4 Å². The number of benzene rings is 2. The molecule has 0 spiro atoms. The summed E-state index contributed by atoms with van der Waals surface area (Å²) in [6.45, 7) is 1.48. The Hall–Kier alpha value is -3.89. The lowest BCUT2D eigenvalue weighted by Gasteiger charge is -2.06. The van der Waals surface area contributed by atoms with Crippen molar-refractivity contribution >= 4 is 28.7 Å². The van der Waals surface area contributed by atoms with E-state index in [4.69, 9.17) is 0 Å². The number of hydrogen-bond acceptors (Lipinski definition) is 7. The van der Waals surface area contributed by atoms with Crippen LogP contribution in [0.2, 0.25) is 0 Å². The van der Waals surface area contributed by atoms with E-state index in [1.165, 1.54) is 25.1 Å². The van der Waals surface area contributed by atoms with Crippen LogP contribution in [0.5, 0.6) is 0 Å². The summed E-state index contributed by atoms with van der Waals surface area (Å²) in [5.41, 5.74) is -1.10. The minimum atomic E-state index is -0.847. The van der Waals surface area contributed by atoms with Crippen LogP contribution in [0.25, 0.3) is 0 Å². The molecular weight excluding hydrogens is 336 g/mol. The number of anilines is 1. The number of nitrogens with one attached hydrogen (secondary N) is 1. The van der Waals surface area contributed by atoms with Crippen molar-refractivity contribution in [3.05, 3.63) is 77.9 Å². The first kappa shape index (κ1) is 17.5. The number of nitrogens with zero attached hydrogens (tertiary/aromatic N) is 3. The van der Waals surface area contributed by atoms with E-state index in [0.717, 1.165) is 18.2 Å². The summed E-state index contributed by atoms with van der Waals surface area (Å²) in [5.74, 6) is -0.819. The Bertz CT molecular complexity index is 878. The van der Waals surface area contributed by atoms with Gasteiger partial charge in [0.1, 0.15) is 0 Å². The van der Waals surface area contributed by atoms with Gasteiger partial charge in [0.2, 0.25) is 0 Å². The smallest absolute Gasteiger partial charge is 0.277 e. The van der Waals surface area contributed by atoms with Gasteiger partial charge >= 0.3 is 0 Å². The molecule has 0 unspecified atom stereocenters. The molecule has 0 aromatic heterocycles. The fraction of sp³-hybridized carbons (Fsp3) is 0.0714. The van der Waals surface area contributed by atoms with Crippen molar-refractivity contribution < 1.29 is 19.6 Å². The van der Waals surface area contributed by atoms with Gasteiger partial charge in [0.15, 0.2) is 0 Å². The van der Waals surface area contributed by atoms with Gasteiger partial charge in [0.25, 0.3) is 23.0 Å². The molecule has 11 heteroatoms. The Morgan fingerprint density at radius 2 is 1.44 bits per heavy atom. The maximum absolute atomic E-state index is 12.2. The molecule has 2 aromatic carbocycles. The summed E-state index contributed by atoms with van der Waals surface area (Å²) >= 11 is 0. The number of aryl methyl sites for hydroxylation is 1. The first-order valence-corrected chi connectivity index (χ1v) is 6.69. The highest BCUT2D eigenvalue weighted by Crippen LogP contribution is 2.25. The zero-order valence-corrected chi connectivity index (χ0v) is 12.7. The lowest BCUT2D eigenvalue weighted by Crippen LogP contribution is -2.13. The van der Waals surface area contributed by atoms with Crippen LogP contribution >= 0.6 is 0 Å². The van der Waals surface area contributed by atoms with Crippen molar-refractivity contribution in [3.63, 3.8) is 0 Å². The Kier molecular flexibility index (Phi) is 4.68. The number of carbonyl (C=O) groups excluding carboxylic acids is 1. The summed E-state index contributed by atoms with van der Waals surface area (Å²) < 4.78 is 0. The SMILES string of the molecule is Cc1cc(NC(=O)c2cc([N+](=O)[O-])cc([N+](=O)[O-])c2)ccc1[N+](=O)[O-]. The van der Waals surface area contributed by atoms with E-state index in [9.17, 15) is 35.1 Å². The number of amides is 1. The second kappa shape index (κ2) is 6.70. The minimum absolute atomic E-state index is 0.135. The number of carbonyl (C=O) groups is 1. The van der Waals surface area contributed by atoms with Gasteiger partial charge in [-0.25, -0.2) is 0 Å². The van der Waals surface area contributed by atoms with Gasteiger partial charge in [-0.3, -0.25) is 35.1 Å². The second-order valence-corrected chi connectivity index (χ2v) is 4.96. The highest BCUT2D eigenvalue weighted by molar-refractivity contribution is 6.05. The number of hydrogen-bond donors (Lipinski definition) is 1. The molecule has 11 nitrogen and oxygen atoms in total. The van der Waals surface area contributed by atoms with Gasteiger partial charge in [-0.05, 0) is 19.1 Å². The molecular formula is C14H10N4O7. The second-order valence-electron chi connectivity index (χ2n) is 4.96. The molecule has 0 radical (unpaired) electrons. The predicted molar refractivity (Wildman–Crippen MR) is 85.5 cm³/mol. The molecule has 0 bridgehead atoms. The van der Waals surface area contributed by atoms with E-state index >= 15 is 0 Å². The number of rotatable bonds is 5. The zero-order valence-electron chi connectivity index (χ0n) is 12.7. The summed E-state index contributed by atoms with van der Waals surface area (Å²) in [6.07, 6.45) is 0. The largest absolute Gasteiger partial charge is 0.322 e. The Morgan fingerprint density at radius 1 is 0.880 bits per heavy atom. The molecule has 0 saturated carbocycles. The van der Waals surface area contributed by atoms with E-state index in [-0.39, 0.29) is 16.9 Å². The Balaban J connectivity index is 2.35. The van der Waals surface area contributed by atoms with Crippen molar-refractivity contribution in [1.29, 1.82) is 0 Å². The first-order chi connectivity index (χ1) is 11.7. The fourth-order valence-corrected chi connectivity index (χ4v) is 2.08. The molecule has 0 fully saturated rings. The summed E-state index contributed by atoms with van der Waals surface area (Å²) in [4.78, 5) is 42.4. The lowest BCUT2D eigenvalue weighted by atomic mass is 10.1. The van der Waals surface area contributed by atoms with Gasteiger partial charge in [-0.1, -0.05) is 0 Å². The molecule has 2 rings (SSSR count). The Labute approximate surface area is 139 Å². The van der Waals surface area contributed by atoms with E-state index in [1.807, 2.05) is 0 Å². The van der Waals surface area contributed by atoms with E-state index in [1.54, 1.807) is 0 Å². The highest BCUT2D eigenvalue weighted by atomic mass is 16.6. The lowest BCUT2D eigenvalue weighted by molar-refractivity contribution is -0.394. The van der Waals surface area contributed by atoms with Crippen molar-refractivity contribution in [1.82, 2.24) is 0 Å². The molecule has 1 N–H and O–H groups in total. The van der Waals surface area contributed by atoms with Crippen molar-refractivity contribution in [3.8, 4) is 0 Å². The van der Waals surface area contributed by atoms with E-state index in [2.05, 4.69) is 5.32 Å². The molecule has 0 saturated heterocycles. The third-order valence-corrected chi connectivity index (χ3v) is 3.24. The maximum Gasteiger partial charge on any atom is 0.277 e. The molecule has 25 heavy (non-hydrogen) atoms. The average molecular weight is 346 g/mol. The molecule has 2 aromatic rings. The van der Waals surface area contributed by atoms with Crippen LogP contribution in [0.3, 0.4) is 0 Å². The fourth-order valence-electron chi connectivity index (χ4n) is 2.08. The van der Waals surface area contributed by atoms with Gasteiger partial charge in [-0.15, -0.1) is 0 Å². The van der Waals surface area contributed by atoms with Gasteiger partial charge < -0.3 is 5.32 Å².